The van der Waals surface area contributed by atoms with E-state index in [0.29, 0.717) is 10.8 Å². The summed E-state index contributed by atoms with van der Waals surface area (Å²) in [5.74, 6) is 0.667. The molecule has 0 spiro atoms. The van der Waals surface area contributed by atoms with Gasteiger partial charge in [-0.05, 0) is 42.0 Å². The third kappa shape index (κ3) is 5.36. The Hall–Kier alpha value is -1.75. The molecule has 1 amide bonds. The zero-order valence-corrected chi connectivity index (χ0v) is 15.3. The first-order chi connectivity index (χ1) is 12.1. The first-order valence-corrected chi connectivity index (χ1v) is 8.99. The monoisotopic (exact) mass is 378 g/mol. The normalized spacial score (nSPS) is 15.2. The molecule has 0 N–H and O–H groups in total. The molecule has 1 fully saturated rings. The van der Waals surface area contributed by atoms with E-state index >= 15 is 0 Å². The first-order valence-electron chi connectivity index (χ1n) is 8.23. The Balaban J connectivity index is 1.42. The van der Waals surface area contributed by atoms with Crippen LogP contribution in [0.1, 0.15) is 5.56 Å². The van der Waals surface area contributed by atoms with Crippen LogP contribution in [0.4, 0.5) is 0 Å². The van der Waals surface area contributed by atoms with Crippen molar-refractivity contribution in [3.8, 4) is 5.75 Å². The van der Waals surface area contributed by atoms with Crippen molar-refractivity contribution < 1.29 is 9.53 Å². The number of ether oxygens (including phenoxy) is 1. The lowest BCUT2D eigenvalue weighted by Crippen LogP contribution is -2.49. The average molecular weight is 379 g/mol. The van der Waals surface area contributed by atoms with Crippen LogP contribution in [-0.2, 0) is 11.3 Å². The van der Waals surface area contributed by atoms with Crippen LogP contribution in [0.15, 0.2) is 48.5 Å². The van der Waals surface area contributed by atoms with Gasteiger partial charge < -0.3 is 9.64 Å². The Bertz CT molecular complexity index is 696. The van der Waals surface area contributed by atoms with Crippen molar-refractivity contribution in [3.63, 3.8) is 0 Å². The highest BCUT2D eigenvalue weighted by Crippen LogP contribution is 2.16. The smallest absolute Gasteiger partial charge is 0.260 e. The number of carbonyl (C=O) groups excluding carboxylic acids is 1. The Morgan fingerprint density at radius 2 is 1.44 bits per heavy atom. The number of amides is 1. The predicted octanol–water partition coefficient (Wildman–Crippen LogP) is 3.72. The van der Waals surface area contributed by atoms with E-state index < -0.39 is 0 Å². The number of carbonyl (C=O) groups is 1. The van der Waals surface area contributed by atoms with E-state index in [1.165, 1.54) is 5.56 Å². The maximum atomic E-state index is 12.3. The van der Waals surface area contributed by atoms with Crippen LogP contribution in [0.3, 0.4) is 0 Å². The summed E-state index contributed by atoms with van der Waals surface area (Å²) < 4.78 is 5.53. The quantitative estimate of drug-likeness (QED) is 0.794. The van der Waals surface area contributed by atoms with Gasteiger partial charge >= 0.3 is 0 Å². The van der Waals surface area contributed by atoms with Crippen molar-refractivity contribution >= 4 is 29.1 Å². The molecule has 132 valence electrons. The molecule has 0 bridgehead atoms. The summed E-state index contributed by atoms with van der Waals surface area (Å²) in [5, 5.41) is 1.40. The Morgan fingerprint density at radius 1 is 0.880 bits per heavy atom. The summed E-state index contributed by atoms with van der Waals surface area (Å²) in [6.45, 7) is 4.08. The number of rotatable bonds is 5. The van der Waals surface area contributed by atoms with E-state index in [1.807, 2.05) is 29.2 Å². The third-order valence-corrected chi connectivity index (χ3v) is 4.72. The molecular formula is C19H20Cl2N2O2. The van der Waals surface area contributed by atoms with Gasteiger partial charge in [0.1, 0.15) is 5.75 Å². The maximum absolute atomic E-state index is 12.3. The predicted molar refractivity (Wildman–Crippen MR) is 100 cm³/mol. The third-order valence-electron chi connectivity index (χ3n) is 4.22. The molecule has 0 aliphatic carbocycles. The molecule has 0 saturated carbocycles. The van der Waals surface area contributed by atoms with Gasteiger partial charge in [-0.1, -0.05) is 35.3 Å². The number of nitrogens with zero attached hydrogens (tertiary/aromatic N) is 2. The topological polar surface area (TPSA) is 32.8 Å². The van der Waals surface area contributed by atoms with E-state index in [4.69, 9.17) is 27.9 Å². The number of piperazine rings is 1. The number of hydrogen-bond acceptors (Lipinski definition) is 3. The van der Waals surface area contributed by atoms with Gasteiger partial charge in [-0.25, -0.2) is 0 Å². The van der Waals surface area contributed by atoms with Crippen LogP contribution in [0.25, 0.3) is 0 Å². The summed E-state index contributed by atoms with van der Waals surface area (Å²) in [7, 11) is 0. The Labute approximate surface area is 157 Å². The van der Waals surface area contributed by atoms with E-state index in [-0.39, 0.29) is 12.5 Å². The van der Waals surface area contributed by atoms with Crippen LogP contribution >= 0.6 is 23.2 Å². The lowest BCUT2D eigenvalue weighted by atomic mass is 10.2. The molecule has 0 unspecified atom stereocenters. The second-order valence-electron chi connectivity index (χ2n) is 6.03. The summed E-state index contributed by atoms with van der Waals surface area (Å²) >= 11 is 11.7. The molecule has 3 rings (SSSR count). The second kappa shape index (κ2) is 8.56. The lowest BCUT2D eigenvalue weighted by Gasteiger charge is -2.34. The first kappa shape index (κ1) is 18.1. The second-order valence-corrected chi connectivity index (χ2v) is 6.90. The molecule has 1 aliphatic heterocycles. The number of hydrogen-bond donors (Lipinski definition) is 0. The molecule has 1 saturated heterocycles. The summed E-state index contributed by atoms with van der Waals surface area (Å²) in [5.41, 5.74) is 1.23. The van der Waals surface area contributed by atoms with E-state index in [1.54, 1.807) is 24.3 Å². The SMILES string of the molecule is O=C(COc1ccc(Cl)cc1)N1CCN(Cc2ccc(Cl)cc2)CC1. The molecule has 0 radical (unpaired) electrons. The fourth-order valence-corrected chi connectivity index (χ4v) is 3.02. The molecule has 0 aromatic heterocycles. The number of halogens is 2. The van der Waals surface area contributed by atoms with Gasteiger partial charge in [0.15, 0.2) is 6.61 Å². The summed E-state index contributed by atoms with van der Waals surface area (Å²) in [6.07, 6.45) is 0. The lowest BCUT2D eigenvalue weighted by molar-refractivity contribution is -0.135. The molecule has 6 heteroatoms. The summed E-state index contributed by atoms with van der Waals surface area (Å²) in [6, 6.07) is 14.9. The van der Waals surface area contributed by atoms with Crippen molar-refractivity contribution in [2.45, 2.75) is 6.54 Å². The van der Waals surface area contributed by atoms with Gasteiger partial charge in [-0.3, -0.25) is 9.69 Å². The van der Waals surface area contributed by atoms with Crippen molar-refractivity contribution in [1.29, 1.82) is 0 Å². The highest BCUT2D eigenvalue weighted by Gasteiger charge is 2.21. The van der Waals surface area contributed by atoms with Crippen molar-refractivity contribution in [2.75, 3.05) is 32.8 Å². The standard InChI is InChI=1S/C19H20Cl2N2O2/c20-16-3-1-15(2-4-16)13-22-9-11-23(12-10-22)19(24)14-25-18-7-5-17(21)6-8-18/h1-8H,9-14H2. The zero-order chi connectivity index (χ0) is 17.6. The van der Waals surface area contributed by atoms with E-state index in [9.17, 15) is 4.79 Å². The van der Waals surface area contributed by atoms with E-state index in [2.05, 4.69) is 4.90 Å². The minimum Gasteiger partial charge on any atom is -0.484 e. The fourth-order valence-electron chi connectivity index (χ4n) is 2.77. The molecule has 25 heavy (non-hydrogen) atoms. The van der Waals surface area contributed by atoms with Gasteiger partial charge in [-0.15, -0.1) is 0 Å². The van der Waals surface area contributed by atoms with Crippen LogP contribution in [-0.4, -0.2) is 48.5 Å². The molecule has 2 aromatic carbocycles. The molecule has 4 nitrogen and oxygen atoms in total. The maximum Gasteiger partial charge on any atom is 0.260 e. The van der Waals surface area contributed by atoms with Crippen molar-refractivity contribution in [2.24, 2.45) is 0 Å². The van der Waals surface area contributed by atoms with Crippen LogP contribution in [0, 0.1) is 0 Å². The minimum absolute atomic E-state index is 0.0149. The fraction of sp³-hybridized carbons (Fsp3) is 0.316. The van der Waals surface area contributed by atoms with Crippen molar-refractivity contribution in [3.05, 3.63) is 64.1 Å². The summed E-state index contributed by atoms with van der Waals surface area (Å²) in [4.78, 5) is 16.5. The molecule has 0 atom stereocenters. The van der Waals surface area contributed by atoms with Crippen LogP contribution in [0.2, 0.25) is 10.0 Å². The molecule has 2 aromatic rings. The minimum atomic E-state index is 0.0149. The van der Waals surface area contributed by atoms with Crippen LogP contribution < -0.4 is 4.74 Å². The highest BCUT2D eigenvalue weighted by molar-refractivity contribution is 6.30. The Kier molecular flexibility index (Phi) is 6.19. The zero-order valence-electron chi connectivity index (χ0n) is 13.8. The molecule has 1 aliphatic rings. The average Bonchev–Trinajstić information content (AvgIpc) is 2.63. The van der Waals surface area contributed by atoms with Gasteiger partial charge in [0.25, 0.3) is 5.91 Å². The van der Waals surface area contributed by atoms with Gasteiger partial charge in [0.05, 0.1) is 0 Å². The van der Waals surface area contributed by atoms with Gasteiger partial charge in [-0.2, -0.15) is 0 Å². The van der Waals surface area contributed by atoms with Gasteiger partial charge in [0.2, 0.25) is 0 Å². The van der Waals surface area contributed by atoms with Crippen LogP contribution in [0.5, 0.6) is 5.75 Å². The highest BCUT2D eigenvalue weighted by atomic mass is 35.5. The largest absolute Gasteiger partial charge is 0.484 e. The Morgan fingerprint density at radius 3 is 2.04 bits per heavy atom. The van der Waals surface area contributed by atoms with Gasteiger partial charge in [0, 0.05) is 42.8 Å². The van der Waals surface area contributed by atoms with E-state index in [0.717, 1.165) is 37.7 Å². The molecule has 1 heterocycles. The molecular weight excluding hydrogens is 359 g/mol. The number of benzene rings is 2. The van der Waals surface area contributed by atoms with Crippen molar-refractivity contribution in [1.82, 2.24) is 9.80 Å².